The molecule has 0 radical (unpaired) electrons. The molecule has 0 fully saturated rings. The van der Waals surface area contributed by atoms with E-state index in [0.717, 1.165) is 17.5 Å². The van der Waals surface area contributed by atoms with Gasteiger partial charge in [0.25, 0.3) is 0 Å². The number of benzene rings is 2. The summed E-state index contributed by atoms with van der Waals surface area (Å²) in [6, 6.07) is 13.1. The van der Waals surface area contributed by atoms with Crippen LogP contribution in [0.2, 0.25) is 0 Å². The van der Waals surface area contributed by atoms with Crippen LogP contribution in [-0.2, 0) is 27.7 Å². The van der Waals surface area contributed by atoms with E-state index < -0.39 is 10.0 Å². The van der Waals surface area contributed by atoms with E-state index in [4.69, 9.17) is 0 Å². The molecular weight excluding hydrogens is 416 g/mol. The SMILES string of the molecule is CCC(=O)N1CCc2cc(Br)c(S(=O)(=O)NCCc3ccccc3)cc21. The lowest BCUT2D eigenvalue weighted by Crippen LogP contribution is -2.29. The highest BCUT2D eigenvalue weighted by Gasteiger charge is 2.28. The number of fused-ring (bicyclic) bond motifs is 1. The van der Waals surface area contributed by atoms with Crippen molar-refractivity contribution in [1.29, 1.82) is 0 Å². The van der Waals surface area contributed by atoms with Crippen LogP contribution in [0.5, 0.6) is 0 Å². The fourth-order valence-corrected chi connectivity index (χ4v) is 5.23. The number of halogens is 1. The highest BCUT2D eigenvalue weighted by molar-refractivity contribution is 9.10. The maximum absolute atomic E-state index is 12.7. The average molecular weight is 437 g/mol. The molecule has 26 heavy (non-hydrogen) atoms. The summed E-state index contributed by atoms with van der Waals surface area (Å²) in [5.41, 5.74) is 2.76. The Morgan fingerprint density at radius 2 is 1.96 bits per heavy atom. The van der Waals surface area contributed by atoms with Crippen LogP contribution in [0.25, 0.3) is 0 Å². The lowest BCUT2D eigenvalue weighted by atomic mass is 10.2. The number of hydrogen-bond donors (Lipinski definition) is 1. The van der Waals surface area contributed by atoms with Gasteiger partial charge in [-0.2, -0.15) is 0 Å². The summed E-state index contributed by atoms with van der Waals surface area (Å²) >= 11 is 3.37. The lowest BCUT2D eigenvalue weighted by Gasteiger charge is -2.18. The zero-order valence-electron chi connectivity index (χ0n) is 14.5. The first-order chi connectivity index (χ1) is 12.4. The number of amides is 1. The van der Waals surface area contributed by atoms with E-state index in [1.165, 1.54) is 0 Å². The molecule has 0 aromatic heterocycles. The Morgan fingerprint density at radius 3 is 2.65 bits per heavy atom. The minimum absolute atomic E-state index is 0.00598. The Kier molecular flexibility index (Phi) is 5.79. The summed E-state index contributed by atoms with van der Waals surface area (Å²) in [6.45, 7) is 2.72. The smallest absolute Gasteiger partial charge is 0.241 e. The minimum Gasteiger partial charge on any atom is -0.312 e. The molecule has 2 aromatic rings. The first kappa shape index (κ1) is 19.1. The van der Waals surface area contributed by atoms with Crippen molar-refractivity contribution < 1.29 is 13.2 Å². The van der Waals surface area contributed by atoms with Gasteiger partial charge >= 0.3 is 0 Å². The first-order valence-electron chi connectivity index (χ1n) is 8.58. The first-order valence-corrected chi connectivity index (χ1v) is 10.9. The van der Waals surface area contributed by atoms with Crippen molar-refractivity contribution in [2.75, 3.05) is 18.0 Å². The van der Waals surface area contributed by atoms with Crippen molar-refractivity contribution in [2.45, 2.75) is 31.1 Å². The molecule has 0 unspecified atom stereocenters. The molecule has 2 aromatic carbocycles. The third-order valence-electron chi connectivity index (χ3n) is 4.47. The Morgan fingerprint density at radius 1 is 1.23 bits per heavy atom. The molecule has 138 valence electrons. The van der Waals surface area contributed by atoms with E-state index in [2.05, 4.69) is 20.7 Å². The van der Waals surface area contributed by atoms with Gasteiger partial charge in [-0.3, -0.25) is 4.79 Å². The summed E-state index contributed by atoms with van der Waals surface area (Å²) in [5, 5.41) is 0. The van der Waals surface area contributed by atoms with Crippen LogP contribution >= 0.6 is 15.9 Å². The maximum atomic E-state index is 12.7. The number of nitrogens with zero attached hydrogens (tertiary/aromatic N) is 1. The molecular formula is C19H21BrN2O3S. The Hall–Kier alpha value is -1.70. The summed E-state index contributed by atoms with van der Waals surface area (Å²) < 4.78 is 28.7. The van der Waals surface area contributed by atoms with E-state index in [1.54, 1.807) is 11.0 Å². The van der Waals surface area contributed by atoms with Crippen molar-refractivity contribution in [3.63, 3.8) is 0 Å². The van der Waals surface area contributed by atoms with Gasteiger partial charge in [-0.15, -0.1) is 0 Å². The molecule has 0 aliphatic carbocycles. The molecule has 1 aliphatic rings. The number of hydrogen-bond acceptors (Lipinski definition) is 3. The third kappa shape index (κ3) is 4.00. The molecule has 3 rings (SSSR count). The molecule has 5 nitrogen and oxygen atoms in total. The van der Waals surface area contributed by atoms with E-state index in [-0.39, 0.29) is 10.8 Å². The van der Waals surface area contributed by atoms with Gasteiger partial charge in [-0.25, -0.2) is 13.1 Å². The molecule has 7 heteroatoms. The minimum atomic E-state index is -3.67. The summed E-state index contributed by atoms with van der Waals surface area (Å²) in [6.07, 6.45) is 1.75. The quantitative estimate of drug-likeness (QED) is 0.755. The number of rotatable bonds is 6. The van der Waals surface area contributed by atoms with Crippen molar-refractivity contribution in [2.24, 2.45) is 0 Å². The van der Waals surface area contributed by atoms with Gasteiger partial charge < -0.3 is 4.90 Å². The Labute approximate surface area is 162 Å². The van der Waals surface area contributed by atoms with Gasteiger partial charge in [0.1, 0.15) is 0 Å². The molecule has 1 heterocycles. The van der Waals surface area contributed by atoms with E-state index >= 15 is 0 Å². The summed E-state index contributed by atoms with van der Waals surface area (Å²) in [5.74, 6) is 0.00598. The van der Waals surface area contributed by atoms with E-state index in [9.17, 15) is 13.2 Å². The summed E-state index contributed by atoms with van der Waals surface area (Å²) in [7, 11) is -3.67. The van der Waals surface area contributed by atoms with Gasteiger partial charge in [-0.1, -0.05) is 37.3 Å². The van der Waals surface area contributed by atoms with Crippen molar-refractivity contribution in [1.82, 2.24) is 4.72 Å². The normalized spacial score (nSPS) is 13.7. The van der Waals surface area contributed by atoms with Crippen LogP contribution in [0.1, 0.15) is 24.5 Å². The van der Waals surface area contributed by atoms with Gasteiger partial charge in [0, 0.05) is 29.7 Å². The highest BCUT2D eigenvalue weighted by atomic mass is 79.9. The van der Waals surface area contributed by atoms with Crippen LogP contribution in [0.15, 0.2) is 51.8 Å². The second-order valence-electron chi connectivity index (χ2n) is 6.19. The van der Waals surface area contributed by atoms with Crippen LogP contribution in [0.3, 0.4) is 0 Å². The molecule has 1 N–H and O–H groups in total. The van der Waals surface area contributed by atoms with E-state index in [1.807, 2.05) is 43.3 Å². The van der Waals surface area contributed by atoms with Crippen LogP contribution in [0.4, 0.5) is 5.69 Å². The summed E-state index contributed by atoms with van der Waals surface area (Å²) in [4.78, 5) is 13.9. The van der Waals surface area contributed by atoms with Crippen LogP contribution < -0.4 is 9.62 Å². The second-order valence-corrected chi connectivity index (χ2v) is 8.78. The second kappa shape index (κ2) is 7.90. The molecule has 0 saturated carbocycles. The number of carbonyl (C=O) groups excluding carboxylic acids is 1. The number of carbonyl (C=O) groups is 1. The van der Waals surface area contributed by atoms with Crippen molar-refractivity contribution >= 4 is 37.5 Å². The Balaban J connectivity index is 1.80. The monoisotopic (exact) mass is 436 g/mol. The van der Waals surface area contributed by atoms with E-state index in [0.29, 0.717) is 36.1 Å². The molecule has 0 bridgehead atoms. The standard InChI is InChI=1S/C19H21BrN2O3S/c1-2-19(23)22-11-9-15-12-16(20)18(13-17(15)22)26(24,25)21-10-8-14-6-4-3-5-7-14/h3-7,12-13,21H,2,8-11H2,1H3. The highest BCUT2D eigenvalue weighted by Crippen LogP contribution is 2.35. The third-order valence-corrected chi connectivity index (χ3v) is 6.89. The fourth-order valence-electron chi connectivity index (χ4n) is 3.10. The number of nitrogens with one attached hydrogen (secondary N) is 1. The van der Waals surface area contributed by atoms with Gasteiger partial charge in [0.05, 0.1) is 4.90 Å². The Bertz CT molecular complexity index is 914. The fraction of sp³-hybridized carbons (Fsp3) is 0.316. The zero-order valence-corrected chi connectivity index (χ0v) is 16.9. The maximum Gasteiger partial charge on any atom is 0.241 e. The molecule has 0 saturated heterocycles. The molecule has 0 spiro atoms. The zero-order chi connectivity index (χ0) is 18.7. The topological polar surface area (TPSA) is 66.5 Å². The lowest BCUT2D eigenvalue weighted by molar-refractivity contribution is -0.118. The van der Waals surface area contributed by atoms with Crippen LogP contribution in [0, 0.1) is 0 Å². The predicted molar refractivity (Wildman–Crippen MR) is 106 cm³/mol. The largest absolute Gasteiger partial charge is 0.312 e. The predicted octanol–water partition coefficient (Wildman–Crippen LogP) is 3.27. The molecule has 1 amide bonds. The van der Waals surface area contributed by atoms with Gasteiger partial charge in [0.2, 0.25) is 15.9 Å². The van der Waals surface area contributed by atoms with Gasteiger partial charge in [-0.05, 0) is 52.0 Å². The van der Waals surface area contributed by atoms with Crippen molar-refractivity contribution in [3.05, 3.63) is 58.1 Å². The molecule has 1 aliphatic heterocycles. The number of sulfonamides is 1. The average Bonchev–Trinajstić information content (AvgIpc) is 3.03. The van der Waals surface area contributed by atoms with Crippen LogP contribution in [-0.4, -0.2) is 27.4 Å². The molecule has 0 atom stereocenters. The number of anilines is 1. The van der Waals surface area contributed by atoms with Gasteiger partial charge in [0.15, 0.2) is 0 Å². The van der Waals surface area contributed by atoms with Crippen molar-refractivity contribution in [3.8, 4) is 0 Å².